The average molecular weight is 336 g/mol. The summed E-state index contributed by atoms with van der Waals surface area (Å²) in [4.78, 5) is 6.52. The number of aliphatic imine (C=N–C) groups is 1. The van der Waals surface area contributed by atoms with Gasteiger partial charge in [-0.2, -0.15) is 4.99 Å². The number of guanidine groups is 2. The maximum Gasteiger partial charge on any atom is 0.220 e. The Morgan fingerprint density at radius 2 is 1.78 bits per heavy atom. The molecule has 0 radical (unpaired) electrons. The zero-order valence-electron chi connectivity index (χ0n) is 13.4. The van der Waals surface area contributed by atoms with Gasteiger partial charge in [0.05, 0.1) is 25.4 Å². The lowest BCUT2D eigenvalue weighted by Crippen LogP contribution is -2.62. The van der Waals surface area contributed by atoms with Gasteiger partial charge in [0.2, 0.25) is 5.96 Å². The van der Waals surface area contributed by atoms with Crippen molar-refractivity contribution in [3.05, 3.63) is 0 Å². The first kappa shape index (κ1) is 21.5. The van der Waals surface area contributed by atoms with Crippen molar-refractivity contribution in [3.63, 3.8) is 0 Å². The number of likely N-dealkylation sites (tertiary alicyclic amines) is 1. The van der Waals surface area contributed by atoms with Gasteiger partial charge in [0, 0.05) is 27.2 Å². The van der Waals surface area contributed by atoms with Gasteiger partial charge in [0.15, 0.2) is 5.96 Å². The van der Waals surface area contributed by atoms with Crippen LogP contribution in [-0.4, -0.2) is 112 Å². The molecule has 1 aliphatic heterocycles. The largest absolute Gasteiger partial charge is 0.395 e. The molecule has 0 aromatic rings. The van der Waals surface area contributed by atoms with Crippen molar-refractivity contribution < 1.29 is 25.5 Å². The molecule has 0 unspecified atom stereocenters. The summed E-state index contributed by atoms with van der Waals surface area (Å²) >= 11 is 0. The SMILES string of the molecule is CN(C)C(=N)N=C(N)N.OCCN1C[C@H](O)[C@@H](O)[C@H](O)[C@H]1CO. The summed E-state index contributed by atoms with van der Waals surface area (Å²) in [6, 6.07) is -0.624. The maximum absolute atomic E-state index is 9.51. The fourth-order valence-electron chi connectivity index (χ4n) is 1.99. The Bertz CT molecular complexity index is 390. The Morgan fingerprint density at radius 3 is 2.13 bits per heavy atom. The lowest BCUT2D eigenvalue weighted by molar-refractivity contribution is -0.146. The van der Waals surface area contributed by atoms with Crippen LogP contribution in [0.15, 0.2) is 4.99 Å². The number of rotatable bonds is 3. The second-order valence-electron chi connectivity index (χ2n) is 5.27. The molecule has 0 saturated carbocycles. The van der Waals surface area contributed by atoms with E-state index in [4.69, 9.17) is 27.1 Å². The molecule has 0 aromatic heterocycles. The minimum Gasteiger partial charge on any atom is -0.395 e. The molecule has 136 valence electrons. The van der Waals surface area contributed by atoms with Gasteiger partial charge in [-0.05, 0) is 0 Å². The van der Waals surface area contributed by atoms with Gasteiger partial charge in [-0.1, -0.05) is 0 Å². The molecule has 1 rings (SSSR count). The van der Waals surface area contributed by atoms with Gasteiger partial charge in [-0.15, -0.1) is 0 Å². The number of piperidine rings is 1. The Hall–Kier alpha value is -1.50. The minimum absolute atomic E-state index is 0.0509. The van der Waals surface area contributed by atoms with Gasteiger partial charge < -0.3 is 41.9 Å². The van der Waals surface area contributed by atoms with Gasteiger partial charge in [-0.3, -0.25) is 10.3 Å². The van der Waals surface area contributed by atoms with E-state index in [2.05, 4.69) is 4.99 Å². The average Bonchev–Trinajstić information content (AvgIpc) is 2.45. The van der Waals surface area contributed by atoms with Crippen LogP contribution in [0.25, 0.3) is 0 Å². The molecule has 1 aliphatic rings. The quantitative estimate of drug-likeness (QED) is 0.185. The summed E-state index contributed by atoms with van der Waals surface area (Å²) in [6.07, 6.45) is -3.46. The Balaban J connectivity index is 0.000000468. The molecule has 23 heavy (non-hydrogen) atoms. The molecular weight excluding hydrogens is 308 g/mol. The van der Waals surface area contributed by atoms with E-state index in [0.717, 1.165) is 0 Å². The highest BCUT2D eigenvalue weighted by Gasteiger charge is 2.40. The van der Waals surface area contributed by atoms with Crippen LogP contribution >= 0.6 is 0 Å². The van der Waals surface area contributed by atoms with Gasteiger partial charge in [0.1, 0.15) is 12.2 Å². The van der Waals surface area contributed by atoms with E-state index in [9.17, 15) is 15.3 Å². The van der Waals surface area contributed by atoms with Gasteiger partial charge in [-0.25, -0.2) is 0 Å². The smallest absolute Gasteiger partial charge is 0.220 e. The third-order valence-electron chi connectivity index (χ3n) is 3.26. The normalized spacial score (nSPS) is 27.6. The summed E-state index contributed by atoms with van der Waals surface area (Å²) in [5, 5.41) is 52.9. The first-order chi connectivity index (χ1) is 10.6. The van der Waals surface area contributed by atoms with Crippen molar-refractivity contribution in [1.29, 1.82) is 5.41 Å². The van der Waals surface area contributed by atoms with E-state index in [-0.39, 0.29) is 38.2 Å². The Kier molecular flexibility index (Phi) is 9.64. The van der Waals surface area contributed by atoms with Crippen LogP contribution in [0.5, 0.6) is 0 Å². The summed E-state index contributed by atoms with van der Waals surface area (Å²) in [7, 11) is 3.38. The number of nitrogens with zero attached hydrogens (tertiary/aromatic N) is 3. The first-order valence-electron chi connectivity index (χ1n) is 7.01. The van der Waals surface area contributed by atoms with E-state index in [1.807, 2.05) is 0 Å². The molecule has 1 saturated heterocycles. The van der Waals surface area contributed by atoms with Crippen LogP contribution in [0.3, 0.4) is 0 Å². The van der Waals surface area contributed by atoms with E-state index in [1.54, 1.807) is 19.0 Å². The molecule has 11 heteroatoms. The summed E-state index contributed by atoms with van der Waals surface area (Å²) < 4.78 is 0. The molecule has 1 heterocycles. The third kappa shape index (κ3) is 7.07. The predicted molar refractivity (Wildman–Crippen MR) is 84.8 cm³/mol. The van der Waals surface area contributed by atoms with Crippen molar-refractivity contribution in [2.75, 3.05) is 40.4 Å². The number of hydrogen-bond acceptors (Lipinski definition) is 7. The number of aliphatic hydroxyl groups excluding tert-OH is 5. The minimum atomic E-state index is -1.23. The zero-order chi connectivity index (χ0) is 18.2. The number of nitrogens with two attached hydrogens (primary N) is 2. The van der Waals surface area contributed by atoms with E-state index in [1.165, 1.54) is 4.90 Å². The Morgan fingerprint density at radius 1 is 1.22 bits per heavy atom. The fourth-order valence-corrected chi connectivity index (χ4v) is 1.99. The number of β-amino-alcohol motifs (C(OH)–C–C–N with tert-alkyl or cyclic N) is 2. The molecule has 11 nitrogen and oxygen atoms in total. The summed E-state index contributed by atoms with van der Waals surface area (Å²) in [5.74, 6) is -0.0382. The van der Waals surface area contributed by atoms with Crippen LogP contribution in [0.1, 0.15) is 0 Å². The standard InChI is InChI=1S/C8H17NO5.C4H11N5/c10-2-1-9-3-6(12)8(14)7(13)5(9)4-11;1-9(2)4(7)8-3(5)6/h5-8,10-14H,1-4H2;1-2H3,(H5,5,6,7,8)/t5-,6+,7-,8-;/m1./s1. The van der Waals surface area contributed by atoms with E-state index >= 15 is 0 Å². The Labute approximate surface area is 135 Å². The lowest BCUT2D eigenvalue weighted by Gasteiger charge is -2.42. The summed E-state index contributed by atoms with van der Waals surface area (Å²) in [5.41, 5.74) is 9.98. The van der Waals surface area contributed by atoms with Crippen LogP contribution < -0.4 is 11.5 Å². The van der Waals surface area contributed by atoms with Crippen molar-refractivity contribution in [2.45, 2.75) is 24.4 Å². The molecule has 10 N–H and O–H groups in total. The molecule has 4 atom stereocenters. The van der Waals surface area contributed by atoms with Crippen molar-refractivity contribution in [2.24, 2.45) is 16.5 Å². The topological polar surface area (TPSA) is 196 Å². The highest BCUT2D eigenvalue weighted by molar-refractivity contribution is 5.91. The van der Waals surface area contributed by atoms with E-state index < -0.39 is 24.4 Å². The van der Waals surface area contributed by atoms with E-state index in [0.29, 0.717) is 0 Å². The van der Waals surface area contributed by atoms with Crippen LogP contribution in [-0.2, 0) is 0 Å². The number of aliphatic hydroxyl groups is 5. The molecule has 0 bridgehead atoms. The van der Waals surface area contributed by atoms with Crippen LogP contribution in [0.4, 0.5) is 0 Å². The third-order valence-corrected chi connectivity index (χ3v) is 3.26. The van der Waals surface area contributed by atoms with Crippen LogP contribution in [0, 0.1) is 5.41 Å². The molecule has 0 aromatic carbocycles. The lowest BCUT2D eigenvalue weighted by atomic mass is 9.94. The molecule has 0 spiro atoms. The second-order valence-corrected chi connectivity index (χ2v) is 5.27. The van der Waals surface area contributed by atoms with Crippen molar-refractivity contribution in [3.8, 4) is 0 Å². The maximum atomic E-state index is 9.51. The molecule has 0 aliphatic carbocycles. The second kappa shape index (κ2) is 10.3. The van der Waals surface area contributed by atoms with Gasteiger partial charge in [0.25, 0.3) is 0 Å². The van der Waals surface area contributed by atoms with Crippen LogP contribution in [0.2, 0.25) is 0 Å². The fraction of sp³-hybridized carbons (Fsp3) is 0.833. The van der Waals surface area contributed by atoms with Gasteiger partial charge >= 0.3 is 0 Å². The number of nitrogens with one attached hydrogen (secondary N) is 1. The summed E-state index contributed by atoms with van der Waals surface area (Å²) in [6.45, 7) is -0.0347. The molecular formula is C12H28N6O5. The molecule has 1 fully saturated rings. The monoisotopic (exact) mass is 336 g/mol. The molecule has 0 amide bonds. The number of hydrogen-bond donors (Lipinski definition) is 8. The van der Waals surface area contributed by atoms with Crippen molar-refractivity contribution in [1.82, 2.24) is 9.80 Å². The zero-order valence-corrected chi connectivity index (χ0v) is 13.4. The van der Waals surface area contributed by atoms with Crippen molar-refractivity contribution >= 4 is 11.9 Å². The predicted octanol–water partition coefficient (Wildman–Crippen LogP) is -4.51. The first-order valence-corrected chi connectivity index (χ1v) is 7.01. The highest BCUT2D eigenvalue weighted by atomic mass is 16.4. The highest BCUT2D eigenvalue weighted by Crippen LogP contribution is 2.18.